The van der Waals surface area contributed by atoms with E-state index in [2.05, 4.69) is 35.3 Å². The van der Waals surface area contributed by atoms with Gasteiger partial charge in [0.25, 0.3) is 0 Å². The number of hydrogen-bond acceptors (Lipinski definition) is 1. The predicted octanol–water partition coefficient (Wildman–Crippen LogP) is 2.01. The first-order valence-corrected chi connectivity index (χ1v) is 5.24. The summed E-state index contributed by atoms with van der Waals surface area (Å²) in [6.07, 6.45) is 7.24. The van der Waals surface area contributed by atoms with Gasteiger partial charge in [0, 0.05) is 25.5 Å². The molecule has 1 N–H and O–H groups in total. The van der Waals surface area contributed by atoms with E-state index in [1.807, 2.05) is 0 Å². The lowest BCUT2D eigenvalue weighted by molar-refractivity contribution is 0.637. The molecule has 0 spiro atoms. The van der Waals surface area contributed by atoms with Crippen LogP contribution in [0.2, 0.25) is 0 Å². The zero-order valence-electron chi connectivity index (χ0n) is 8.29. The summed E-state index contributed by atoms with van der Waals surface area (Å²) < 4.78 is 2.22. The van der Waals surface area contributed by atoms with Gasteiger partial charge in [-0.2, -0.15) is 0 Å². The second kappa shape index (κ2) is 3.97. The van der Waals surface area contributed by atoms with Crippen LogP contribution in [0.25, 0.3) is 0 Å². The molecule has 1 aromatic heterocycles. The molecule has 0 atom stereocenters. The summed E-state index contributed by atoms with van der Waals surface area (Å²) in [5.74, 6) is 0.980. The van der Waals surface area contributed by atoms with E-state index in [9.17, 15) is 0 Å². The minimum absolute atomic E-state index is 0.980. The van der Waals surface area contributed by atoms with Crippen molar-refractivity contribution < 1.29 is 0 Å². The van der Waals surface area contributed by atoms with Crippen molar-refractivity contribution in [2.45, 2.75) is 32.9 Å². The Bertz CT molecular complexity index is 261. The first-order valence-electron chi connectivity index (χ1n) is 5.24. The van der Waals surface area contributed by atoms with Gasteiger partial charge in [0.05, 0.1) is 0 Å². The Morgan fingerprint density at radius 1 is 1.54 bits per heavy atom. The Morgan fingerprint density at radius 2 is 2.38 bits per heavy atom. The predicted molar refractivity (Wildman–Crippen MR) is 54.5 cm³/mol. The maximum absolute atomic E-state index is 3.49. The smallest absolute Gasteiger partial charge is 0.0220 e. The van der Waals surface area contributed by atoms with Crippen molar-refractivity contribution in [3.8, 4) is 0 Å². The molecule has 1 saturated carbocycles. The monoisotopic (exact) mass is 178 g/mol. The Hall–Kier alpha value is -0.760. The largest absolute Gasteiger partial charge is 0.354 e. The molecule has 0 bridgehead atoms. The molecule has 1 aliphatic rings. The van der Waals surface area contributed by atoms with E-state index in [0.29, 0.717) is 0 Å². The molecular weight excluding hydrogens is 160 g/mol. The van der Waals surface area contributed by atoms with Crippen LogP contribution >= 0.6 is 0 Å². The third-order valence-electron chi connectivity index (χ3n) is 2.64. The molecule has 0 unspecified atom stereocenters. The van der Waals surface area contributed by atoms with E-state index in [-0.39, 0.29) is 0 Å². The molecule has 0 aliphatic heterocycles. The summed E-state index contributed by atoms with van der Waals surface area (Å²) >= 11 is 0. The van der Waals surface area contributed by atoms with Crippen molar-refractivity contribution in [1.82, 2.24) is 9.88 Å². The highest BCUT2D eigenvalue weighted by Gasteiger charge is 2.19. The first-order chi connectivity index (χ1) is 6.38. The van der Waals surface area contributed by atoms with Gasteiger partial charge in [-0.15, -0.1) is 0 Å². The van der Waals surface area contributed by atoms with Crippen molar-refractivity contribution in [1.29, 1.82) is 0 Å². The van der Waals surface area contributed by atoms with Crippen molar-refractivity contribution in [3.05, 3.63) is 24.0 Å². The van der Waals surface area contributed by atoms with Crippen LogP contribution in [0.3, 0.4) is 0 Å². The van der Waals surface area contributed by atoms with Crippen molar-refractivity contribution in [3.63, 3.8) is 0 Å². The molecule has 0 radical (unpaired) electrons. The summed E-state index contributed by atoms with van der Waals surface area (Å²) in [6.45, 7) is 5.48. The summed E-state index contributed by atoms with van der Waals surface area (Å²) in [5.41, 5.74) is 1.41. The topological polar surface area (TPSA) is 17.0 Å². The first kappa shape index (κ1) is 8.82. The fourth-order valence-corrected chi connectivity index (χ4v) is 1.53. The number of nitrogens with one attached hydrogen (secondary N) is 1. The average Bonchev–Trinajstić information content (AvgIpc) is 2.84. The van der Waals surface area contributed by atoms with Gasteiger partial charge in [-0.25, -0.2) is 0 Å². The van der Waals surface area contributed by atoms with Crippen LogP contribution in [0.5, 0.6) is 0 Å². The lowest BCUT2D eigenvalue weighted by Crippen LogP contribution is -2.15. The van der Waals surface area contributed by atoms with E-state index in [1.165, 1.54) is 24.9 Å². The van der Waals surface area contributed by atoms with Gasteiger partial charge in [-0.05, 0) is 43.9 Å². The second-order valence-corrected chi connectivity index (χ2v) is 3.92. The SMILES string of the molecule is CCn1ccc(CNCC2CC2)c1. The molecular formula is C11H18N2. The Labute approximate surface area is 79.9 Å². The van der Waals surface area contributed by atoms with E-state index in [4.69, 9.17) is 0 Å². The van der Waals surface area contributed by atoms with Crippen LogP contribution in [0.15, 0.2) is 18.5 Å². The molecule has 0 saturated heterocycles. The van der Waals surface area contributed by atoms with Crippen LogP contribution in [0, 0.1) is 5.92 Å². The molecule has 1 fully saturated rings. The van der Waals surface area contributed by atoms with Crippen LogP contribution in [0.1, 0.15) is 25.3 Å². The number of hydrogen-bond donors (Lipinski definition) is 1. The van der Waals surface area contributed by atoms with Gasteiger partial charge >= 0.3 is 0 Å². The van der Waals surface area contributed by atoms with Crippen molar-refractivity contribution in [2.24, 2.45) is 5.92 Å². The highest BCUT2D eigenvalue weighted by Crippen LogP contribution is 2.27. The molecule has 72 valence electrons. The zero-order chi connectivity index (χ0) is 9.10. The Kier molecular flexibility index (Phi) is 2.69. The highest BCUT2D eigenvalue weighted by molar-refractivity contribution is 5.09. The van der Waals surface area contributed by atoms with Gasteiger partial charge in [-0.3, -0.25) is 0 Å². The van der Waals surface area contributed by atoms with Gasteiger partial charge in [-0.1, -0.05) is 0 Å². The van der Waals surface area contributed by atoms with Crippen LogP contribution in [-0.2, 0) is 13.1 Å². The molecule has 2 nitrogen and oxygen atoms in total. The third kappa shape index (κ3) is 2.59. The van der Waals surface area contributed by atoms with Gasteiger partial charge in [0.15, 0.2) is 0 Å². The number of aryl methyl sites for hydroxylation is 1. The minimum Gasteiger partial charge on any atom is -0.354 e. The average molecular weight is 178 g/mol. The van der Waals surface area contributed by atoms with Crippen molar-refractivity contribution in [2.75, 3.05) is 6.54 Å². The van der Waals surface area contributed by atoms with E-state index in [0.717, 1.165) is 19.0 Å². The molecule has 2 heteroatoms. The molecule has 0 aromatic carbocycles. The van der Waals surface area contributed by atoms with Crippen molar-refractivity contribution >= 4 is 0 Å². The molecule has 0 amide bonds. The summed E-state index contributed by atoms with van der Waals surface area (Å²) in [7, 11) is 0. The summed E-state index contributed by atoms with van der Waals surface area (Å²) in [6, 6.07) is 2.20. The van der Waals surface area contributed by atoms with Crippen LogP contribution in [0.4, 0.5) is 0 Å². The van der Waals surface area contributed by atoms with E-state index < -0.39 is 0 Å². The normalized spacial score (nSPS) is 16.4. The summed E-state index contributed by atoms with van der Waals surface area (Å²) in [5, 5.41) is 3.49. The maximum Gasteiger partial charge on any atom is 0.0220 e. The molecule has 1 aliphatic carbocycles. The van der Waals surface area contributed by atoms with E-state index in [1.54, 1.807) is 0 Å². The lowest BCUT2D eigenvalue weighted by Gasteiger charge is -2.00. The molecule has 1 heterocycles. The molecule has 13 heavy (non-hydrogen) atoms. The number of aromatic nitrogens is 1. The fourth-order valence-electron chi connectivity index (χ4n) is 1.53. The van der Waals surface area contributed by atoms with Gasteiger partial charge in [0.1, 0.15) is 0 Å². The Morgan fingerprint density at radius 3 is 3.00 bits per heavy atom. The lowest BCUT2D eigenvalue weighted by atomic mass is 10.3. The second-order valence-electron chi connectivity index (χ2n) is 3.92. The van der Waals surface area contributed by atoms with Gasteiger partial charge < -0.3 is 9.88 Å². The third-order valence-corrected chi connectivity index (χ3v) is 2.64. The summed E-state index contributed by atoms with van der Waals surface area (Å²) in [4.78, 5) is 0. The highest BCUT2D eigenvalue weighted by atomic mass is 14.9. The van der Waals surface area contributed by atoms with Gasteiger partial charge in [0.2, 0.25) is 0 Å². The van der Waals surface area contributed by atoms with Crippen LogP contribution < -0.4 is 5.32 Å². The standard InChI is InChI=1S/C11H18N2/c1-2-13-6-5-11(9-13)8-12-7-10-3-4-10/h5-6,9-10,12H,2-4,7-8H2,1H3. The minimum atomic E-state index is 0.980. The quantitative estimate of drug-likeness (QED) is 0.729. The van der Waals surface area contributed by atoms with E-state index >= 15 is 0 Å². The zero-order valence-corrected chi connectivity index (χ0v) is 8.29. The fraction of sp³-hybridized carbons (Fsp3) is 0.636. The molecule has 1 aromatic rings. The van der Waals surface area contributed by atoms with Crippen LogP contribution in [-0.4, -0.2) is 11.1 Å². The number of rotatable bonds is 5. The maximum atomic E-state index is 3.49. The molecule has 2 rings (SSSR count). The Balaban J connectivity index is 1.72. The number of nitrogens with zero attached hydrogens (tertiary/aromatic N) is 1.